The molecule has 1 heterocycles. The lowest BCUT2D eigenvalue weighted by Crippen LogP contribution is -2.45. The molecule has 0 aromatic heterocycles. The lowest BCUT2D eigenvalue weighted by atomic mass is 9.76. The summed E-state index contributed by atoms with van der Waals surface area (Å²) >= 11 is 0. The number of rotatable bonds is 3. The van der Waals surface area contributed by atoms with E-state index in [9.17, 15) is 18.4 Å². The van der Waals surface area contributed by atoms with E-state index in [0.29, 0.717) is 12.0 Å². The van der Waals surface area contributed by atoms with E-state index in [-0.39, 0.29) is 24.2 Å². The highest BCUT2D eigenvalue weighted by Crippen LogP contribution is 2.35. The third-order valence-corrected chi connectivity index (χ3v) is 3.59. The molecule has 0 spiro atoms. The summed E-state index contributed by atoms with van der Waals surface area (Å²) in [6.07, 6.45) is 0.719. The second-order valence-corrected chi connectivity index (χ2v) is 5.63. The standard InChI is InChI=1S/C15H17F2NO2/c1-8(2)5-11-10(7-14(19)18-15(11)20)9-3-4-12(16)13(17)6-9/h3-4,6,8,10-11H,5,7H2,1-2H3,(H,18,19,20). The molecule has 1 aromatic carbocycles. The van der Waals surface area contributed by atoms with E-state index in [1.807, 2.05) is 13.8 Å². The normalized spacial score (nSPS) is 23.1. The van der Waals surface area contributed by atoms with Gasteiger partial charge < -0.3 is 0 Å². The summed E-state index contributed by atoms with van der Waals surface area (Å²) in [4.78, 5) is 23.5. The van der Waals surface area contributed by atoms with Gasteiger partial charge in [0.25, 0.3) is 0 Å². The summed E-state index contributed by atoms with van der Waals surface area (Å²) in [6.45, 7) is 3.96. The average Bonchev–Trinajstić information content (AvgIpc) is 2.35. The van der Waals surface area contributed by atoms with Crippen molar-refractivity contribution in [2.24, 2.45) is 11.8 Å². The van der Waals surface area contributed by atoms with Crippen molar-refractivity contribution in [2.45, 2.75) is 32.6 Å². The molecule has 2 rings (SSSR count). The van der Waals surface area contributed by atoms with E-state index in [4.69, 9.17) is 0 Å². The van der Waals surface area contributed by atoms with E-state index in [2.05, 4.69) is 5.32 Å². The van der Waals surface area contributed by atoms with Crippen molar-refractivity contribution < 1.29 is 18.4 Å². The van der Waals surface area contributed by atoms with Gasteiger partial charge in [-0.05, 0) is 30.0 Å². The van der Waals surface area contributed by atoms with Gasteiger partial charge in [0.15, 0.2) is 11.6 Å². The molecule has 2 unspecified atom stereocenters. The molecule has 0 saturated carbocycles. The number of amides is 2. The van der Waals surface area contributed by atoms with Crippen LogP contribution in [0.2, 0.25) is 0 Å². The van der Waals surface area contributed by atoms with E-state index >= 15 is 0 Å². The monoisotopic (exact) mass is 281 g/mol. The van der Waals surface area contributed by atoms with Crippen LogP contribution in [0.25, 0.3) is 0 Å². The summed E-state index contributed by atoms with van der Waals surface area (Å²) < 4.78 is 26.4. The minimum atomic E-state index is -0.954. The Morgan fingerprint density at radius 2 is 1.95 bits per heavy atom. The number of benzene rings is 1. The topological polar surface area (TPSA) is 46.2 Å². The fourth-order valence-corrected chi connectivity index (χ4v) is 2.68. The fourth-order valence-electron chi connectivity index (χ4n) is 2.68. The van der Waals surface area contributed by atoms with Gasteiger partial charge >= 0.3 is 0 Å². The largest absolute Gasteiger partial charge is 0.296 e. The molecule has 1 aliphatic rings. The highest BCUT2D eigenvalue weighted by molar-refractivity contribution is 5.99. The molecule has 5 heteroatoms. The van der Waals surface area contributed by atoms with Crippen LogP contribution in [0.15, 0.2) is 18.2 Å². The van der Waals surface area contributed by atoms with Crippen LogP contribution < -0.4 is 5.32 Å². The summed E-state index contributed by atoms with van der Waals surface area (Å²) in [7, 11) is 0. The van der Waals surface area contributed by atoms with E-state index in [1.54, 1.807) is 0 Å². The molecule has 1 aliphatic heterocycles. The number of carbonyl (C=O) groups excluding carboxylic acids is 2. The van der Waals surface area contributed by atoms with Crippen LogP contribution in [0.1, 0.15) is 38.2 Å². The first kappa shape index (κ1) is 14.6. The summed E-state index contributed by atoms with van der Waals surface area (Å²) in [5, 5.41) is 2.31. The molecule has 0 bridgehead atoms. The molecule has 1 saturated heterocycles. The molecule has 1 fully saturated rings. The number of imide groups is 1. The Labute approximate surface area is 116 Å². The van der Waals surface area contributed by atoms with Crippen LogP contribution in [0, 0.1) is 23.5 Å². The van der Waals surface area contributed by atoms with E-state index in [0.717, 1.165) is 12.1 Å². The van der Waals surface area contributed by atoms with Gasteiger partial charge in [0.05, 0.1) is 0 Å². The van der Waals surface area contributed by atoms with Crippen LogP contribution in [0.4, 0.5) is 8.78 Å². The number of hydrogen-bond acceptors (Lipinski definition) is 2. The van der Waals surface area contributed by atoms with Gasteiger partial charge in [-0.3, -0.25) is 14.9 Å². The van der Waals surface area contributed by atoms with Crippen molar-refractivity contribution in [3.05, 3.63) is 35.4 Å². The van der Waals surface area contributed by atoms with Crippen molar-refractivity contribution in [3.8, 4) is 0 Å². The zero-order chi connectivity index (χ0) is 14.9. The van der Waals surface area contributed by atoms with Crippen molar-refractivity contribution in [1.29, 1.82) is 0 Å². The molecule has 0 radical (unpaired) electrons. The Hall–Kier alpha value is -1.78. The highest BCUT2D eigenvalue weighted by Gasteiger charge is 2.37. The first-order valence-electron chi connectivity index (χ1n) is 6.67. The second kappa shape index (κ2) is 5.69. The number of carbonyl (C=O) groups is 2. The maximum atomic E-state index is 13.4. The highest BCUT2D eigenvalue weighted by atomic mass is 19.2. The van der Waals surface area contributed by atoms with Crippen molar-refractivity contribution in [1.82, 2.24) is 5.32 Å². The zero-order valence-electron chi connectivity index (χ0n) is 11.5. The quantitative estimate of drug-likeness (QED) is 0.866. The first-order chi connectivity index (χ1) is 9.38. The van der Waals surface area contributed by atoms with Crippen LogP contribution in [-0.4, -0.2) is 11.8 Å². The van der Waals surface area contributed by atoms with Gasteiger partial charge in [-0.2, -0.15) is 0 Å². The lowest BCUT2D eigenvalue weighted by Gasteiger charge is -2.31. The first-order valence-corrected chi connectivity index (χ1v) is 6.67. The number of hydrogen-bond donors (Lipinski definition) is 1. The Bertz CT molecular complexity index is 543. The fraction of sp³-hybridized carbons (Fsp3) is 0.467. The Balaban J connectivity index is 2.34. The maximum Gasteiger partial charge on any atom is 0.230 e. The molecule has 0 aliphatic carbocycles. The van der Waals surface area contributed by atoms with Gasteiger partial charge in [0.1, 0.15) is 0 Å². The Morgan fingerprint density at radius 3 is 2.55 bits per heavy atom. The number of halogens is 2. The van der Waals surface area contributed by atoms with Gasteiger partial charge in [0.2, 0.25) is 11.8 Å². The predicted octanol–water partition coefficient (Wildman–Crippen LogP) is 2.76. The van der Waals surface area contributed by atoms with Crippen LogP contribution >= 0.6 is 0 Å². The SMILES string of the molecule is CC(C)CC1C(=O)NC(=O)CC1c1ccc(F)c(F)c1. The lowest BCUT2D eigenvalue weighted by molar-refractivity contribution is -0.137. The van der Waals surface area contributed by atoms with Gasteiger partial charge in [-0.1, -0.05) is 19.9 Å². The summed E-state index contributed by atoms with van der Waals surface area (Å²) in [6, 6.07) is 3.57. The van der Waals surface area contributed by atoms with E-state index in [1.165, 1.54) is 6.07 Å². The summed E-state index contributed by atoms with van der Waals surface area (Å²) in [5.74, 6) is -3.10. The number of piperidine rings is 1. The van der Waals surface area contributed by atoms with Crippen LogP contribution in [0.5, 0.6) is 0 Å². The molecule has 2 amide bonds. The van der Waals surface area contributed by atoms with E-state index < -0.39 is 23.5 Å². The van der Waals surface area contributed by atoms with Crippen LogP contribution in [0.3, 0.4) is 0 Å². The molecule has 3 nitrogen and oxygen atoms in total. The minimum absolute atomic E-state index is 0.119. The smallest absolute Gasteiger partial charge is 0.230 e. The van der Waals surface area contributed by atoms with Crippen LogP contribution in [-0.2, 0) is 9.59 Å². The molecule has 20 heavy (non-hydrogen) atoms. The average molecular weight is 281 g/mol. The molecular weight excluding hydrogens is 264 g/mol. The minimum Gasteiger partial charge on any atom is -0.296 e. The van der Waals surface area contributed by atoms with Gasteiger partial charge in [0, 0.05) is 18.3 Å². The number of nitrogens with one attached hydrogen (secondary N) is 1. The third-order valence-electron chi connectivity index (χ3n) is 3.59. The van der Waals surface area contributed by atoms with Crippen molar-refractivity contribution in [2.75, 3.05) is 0 Å². The van der Waals surface area contributed by atoms with Gasteiger partial charge in [-0.15, -0.1) is 0 Å². The van der Waals surface area contributed by atoms with Crippen molar-refractivity contribution in [3.63, 3.8) is 0 Å². The molecule has 1 aromatic rings. The Kier molecular flexibility index (Phi) is 4.16. The molecule has 2 atom stereocenters. The molecule has 108 valence electrons. The molecular formula is C15H17F2NO2. The van der Waals surface area contributed by atoms with Crippen molar-refractivity contribution >= 4 is 11.8 Å². The maximum absolute atomic E-state index is 13.4. The Morgan fingerprint density at radius 1 is 1.25 bits per heavy atom. The molecule has 1 N–H and O–H groups in total. The third kappa shape index (κ3) is 3.03. The zero-order valence-corrected chi connectivity index (χ0v) is 11.5. The summed E-state index contributed by atoms with van der Waals surface area (Å²) in [5.41, 5.74) is 0.498. The van der Waals surface area contributed by atoms with Gasteiger partial charge in [-0.25, -0.2) is 8.78 Å². The second-order valence-electron chi connectivity index (χ2n) is 5.63. The predicted molar refractivity (Wildman–Crippen MR) is 69.8 cm³/mol.